The Morgan fingerprint density at radius 1 is 1.15 bits per heavy atom. The second kappa shape index (κ2) is 8.23. The van der Waals surface area contributed by atoms with Gasteiger partial charge in [0.15, 0.2) is 0 Å². The van der Waals surface area contributed by atoms with Crippen molar-refractivity contribution >= 4 is 17.5 Å². The topological polar surface area (TPSA) is 93.4 Å². The SMILES string of the molecule is COc1ccc2c(n1)C(C)(C)N(c1cncc(C3CCN(C(=O)c4ccnn4C)CC3)c1)C2=O. The van der Waals surface area contributed by atoms with E-state index >= 15 is 0 Å². The highest BCUT2D eigenvalue weighted by Crippen LogP contribution is 2.42. The van der Waals surface area contributed by atoms with E-state index < -0.39 is 5.54 Å². The van der Waals surface area contributed by atoms with Crippen LogP contribution in [-0.2, 0) is 12.6 Å². The smallest absolute Gasteiger partial charge is 0.272 e. The number of ether oxygens (including phenoxy) is 1. The summed E-state index contributed by atoms with van der Waals surface area (Å²) >= 11 is 0. The molecule has 5 heterocycles. The minimum atomic E-state index is -0.639. The van der Waals surface area contributed by atoms with Crippen LogP contribution in [0.2, 0.25) is 0 Å². The maximum absolute atomic E-state index is 13.3. The van der Waals surface area contributed by atoms with E-state index in [2.05, 4.69) is 21.1 Å². The summed E-state index contributed by atoms with van der Waals surface area (Å²) < 4.78 is 6.89. The van der Waals surface area contributed by atoms with Crippen LogP contribution < -0.4 is 9.64 Å². The first-order chi connectivity index (χ1) is 16.3. The molecule has 0 atom stereocenters. The summed E-state index contributed by atoms with van der Waals surface area (Å²) in [5, 5.41) is 4.10. The number of aromatic nitrogens is 4. The molecular weight excluding hydrogens is 432 g/mol. The zero-order valence-electron chi connectivity index (χ0n) is 19.9. The molecule has 0 aromatic carbocycles. The molecule has 2 amide bonds. The number of amides is 2. The average molecular weight is 461 g/mol. The first-order valence-electron chi connectivity index (χ1n) is 11.4. The van der Waals surface area contributed by atoms with Crippen molar-refractivity contribution in [3.05, 3.63) is 65.4 Å². The van der Waals surface area contributed by atoms with Gasteiger partial charge in [-0.05, 0) is 56.4 Å². The molecule has 0 saturated carbocycles. The summed E-state index contributed by atoms with van der Waals surface area (Å²) in [6.45, 7) is 5.31. The van der Waals surface area contributed by atoms with Crippen molar-refractivity contribution in [2.24, 2.45) is 7.05 Å². The van der Waals surface area contributed by atoms with E-state index in [9.17, 15) is 9.59 Å². The van der Waals surface area contributed by atoms with Crippen LogP contribution in [0.5, 0.6) is 5.88 Å². The monoisotopic (exact) mass is 460 g/mol. The van der Waals surface area contributed by atoms with Crippen molar-refractivity contribution in [1.82, 2.24) is 24.6 Å². The summed E-state index contributed by atoms with van der Waals surface area (Å²) in [6.07, 6.45) is 6.92. The summed E-state index contributed by atoms with van der Waals surface area (Å²) in [4.78, 5) is 38.8. The fourth-order valence-corrected chi connectivity index (χ4v) is 5.07. The number of methoxy groups -OCH3 is 1. The van der Waals surface area contributed by atoms with E-state index in [1.54, 1.807) is 54.3 Å². The van der Waals surface area contributed by atoms with Gasteiger partial charge in [0, 0.05) is 38.6 Å². The van der Waals surface area contributed by atoms with Crippen LogP contribution in [0.3, 0.4) is 0 Å². The Morgan fingerprint density at radius 2 is 1.91 bits per heavy atom. The molecule has 1 fully saturated rings. The van der Waals surface area contributed by atoms with Crippen LogP contribution in [-0.4, -0.2) is 56.7 Å². The van der Waals surface area contributed by atoms with Gasteiger partial charge in [0.1, 0.15) is 5.69 Å². The number of piperidine rings is 1. The number of aryl methyl sites for hydroxylation is 1. The Morgan fingerprint density at radius 3 is 2.59 bits per heavy atom. The molecule has 0 bridgehead atoms. The van der Waals surface area contributed by atoms with E-state index in [1.165, 1.54) is 0 Å². The number of carbonyl (C=O) groups is 2. The van der Waals surface area contributed by atoms with Gasteiger partial charge in [-0.3, -0.25) is 24.2 Å². The van der Waals surface area contributed by atoms with Crippen molar-refractivity contribution in [3.63, 3.8) is 0 Å². The summed E-state index contributed by atoms with van der Waals surface area (Å²) in [5.74, 6) is 0.673. The number of likely N-dealkylation sites (tertiary alicyclic amines) is 1. The van der Waals surface area contributed by atoms with Gasteiger partial charge in [-0.25, -0.2) is 4.98 Å². The second-order valence-corrected chi connectivity index (χ2v) is 9.33. The molecule has 2 aliphatic rings. The Kier molecular flexibility index (Phi) is 5.34. The first-order valence-corrected chi connectivity index (χ1v) is 11.4. The summed E-state index contributed by atoms with van der Waals surface area (Å²) in [7, 11) is 3.35. The second-order valence-electron chi connectivity index (χ2n) is 9.33. The normalized spacial score (nSPS) is 17.7. The van der Waals surface area contributed by atoms with Gasteiger partial charge in [0.2, 0.25) is 5.88 Å². The molecule has 0 N–H and O–H groups in total. The van der Waals surface area contributed by atoms with Gasteiger partial charge in [-0.2, -0.15) is 5.10 Å². The fourth-order valence-electron chi connectivity index (χ4n) is 5.07. The predicted octanol–water partition coefficient (Wildman–Crippen LogP) is 3.13. The molecule has 3 aromatic rings. The third-order valence-corrected chi connectivity index (χ3v) is 6.95. The molecule has 0 spiro atoms. The van der Waals surface area contributed by atoms with Crippen molar-refractivity contribution in [2.45, 2.75) is 38.1 Å². The zero-order chi connectivity index (χ0) is 24.0. The highest BCUT2D eigenvalue weighted by atomic mass is 16.5. The maximum atomic E-state index is 13.3. The van der Waals surface area contributed by atoms with Crippen molar-refractivity contribution in [3.8, 4) is 5.88 Å². The Hall–Kier alpha value is -3.75. The van der Waals surface area contributed by atoms with E-state index in [-0.39, 0.29) is 17.7 Å². The van der Waals surface area contributed by atoms with Gasteiger partial charge in [0.05, 0.1) is 35.8 Å². The van der Waals surface area contributed by atoms with Crippen LogP contribution in [0.1, 0.15) is 64.7 Å². The van der Waals surface area contributed by atoms with Crippen molar-refractivity contribution in [1.29, 1.82) is 0 Å². The Balaban J connectivity index is 1.35. The van der Waals surface area contributed by atoms with Crippen molar-refractivity contribution in [2.75, 3.05) is 25.1 Å². The van der Waals surface area contributed by atoms with Gasteiger partial charge in [-0.1, -0.05) is 0 Å². The zero-order valence-corrected chi connectivity index (χ0v) is 19.9. The van der Waals surface area contributed by atoms with Crippen LogP contribution in [0.15, 0.2) is 42.9 Å². The molecule has 1 saturated heterocycles. The van der Waals surface area contributed by atoms with Crippen LogP contribution in [0.4, 0.5) is 5.69 Å². The van der Waals surface area contributed by atoms with Gasteiger partial charge < -0.3 is 9.64 Å². The molecule has 2 aliphatic heterocycles. The molecule has 5 rings (SSSR count). The first kappa shape index (κ1) is 22.1. The number of hydrogen-bond donors (Lipinski definition) is 0. The number of carbonyl (C=O) groups excluding carboxylic acids is 2. The highest BCUT2D eigenvalue weighted by Gasteiger charge is 2.46. The Bertz CT molecular complexity index is 1260. The third kappa shape index (κ3) is 3.52. The third-order valence-electron chi connectivity index (χ3n) is 6.95. The van der Waals surface area contributed by atoms with E-state index in [4.69, 9.17) is 4.74 Å². The lowest BCUT2D eigenvalue weighted by Crippen LogP contribution is -2.40. The van der Waals surface area contributed by atoms with Crippen LogP contribution in [0.25, 0.3) is 0 Å². The molecule has 9 heteroatoms. The number of rotatable bonds is 4. The minimum Gasteiger partial charge on any atom is -0.481 e. The molecule has 34 heavy (non-hydrogen) atoms. The van der Waals surface area contributed by atoms with Crippen molar-refractivity contribution < 1.29 is 14.3 Å². The lowest BCUT2D eigenvalue weighted by atomic mass is 9.90. The predicted molar refractivity (Wildman–Crippen MR) is 126 cm³/mol. The summed E-state index contributed by atoms with van der Waals surface area (Å²) in [6, 6.07) is 7.29. The molecule has 0 unspecified atom stereocenters. The standard InChI is InChI=1S/C25H28N6O3/c1-25(2)22-19(5-6-21(28-22)34-4)23(32)31(25)18-13-17(14-26-15-18)16-8-11-30(12-9-16)24(33)20-7-10-27-29(20)3/h5-7,10,13-16H,8-9,11-12H2,1-4H3. The lowest BCUT2D eigenvalue weighted by molar-refractivity contribution is 0.0701. The quantitative estimate of drug-likeness (QED) is 0.594. The largest absolute Gasteiger partial charge is 0.481 e. The van der Waals surface area contributed by atoms with Gasteiger partial charge in [-0.15, -0.1) is 0 Å². The molecule has 0 radical (unpaired) electrons. The summed E-state index contributed by atoms with van der Waals surface area (Å²) in [5.41, 5.74) is 3.07. The van der Waals surface area contributed by atoms with E-state index in [0.717, 1.165) is 24.1 Å². The molecule has 0 aliphatic carbocycles. The van der Waals surface area contributed by atoms with Gasteiger partial charge in [0.25, 0.3) is 11.8 Å². The Labute approximate surface area is 198 Å². The van der Waals surface area contributed by atoms with Crippen LogP contribution in [0, 0.1) is 0 Å². The number of nitrogens with zero attached hydrogens (tertiary/aromatic N) is 6. The van der Waals surface area contributed by atoms with Crippen LogP contribution >= 0.6 is 0 Å². The molecule has 176 valence electrons. The molecule has 9 nitrogen and oxygen atoms in total. The number of hydrogen-bond acceptors (Lipinski definition) is 6. The average Bonchev–Trinajstić information content (AvgIpc) is 3.36. The number of anilines is 1. The van der Waals surface area contributed by atoms with Gasteiger partial charge >= 0.3 is 0 Å². The number of fused-ring (bicyclic) bond motifs is 1. The maximum Gasteiger partial charge on any atom is 0.272 e. The number of pyridine rings is 2. The molecule has 3 aromatic heterocycles. The molecular formula is C25H28N6O3. The minimum absolute atomic E-state index is 0.00966. The van der Waals surface area contributed by atoms with E-state index in [1.807, 2.05) is 24.9 Å². The lowest BCUT2D eigenvalue weighted by Gasteiger charge is -2.34. The highest BCUT2D eigenvalue weighted by molar-refractivity contribution is 6.11. The van der Waals surface area contributed by atoms with E-state index in [0.29, 0.717) is 35.9 Å². The fraction of sp³-hybridized carbons (Fsp3) is 0.400.